The molecule has 3 unspecified atom stereocenters. The maximum absolute atomic E-state index is 12.0. The molecule has 1 aliphatic carbocycles. The lowest BCUT2D eigenvalue weighted by molar-refractivity contribution is -0.122. The van der Waals surface area contributed by atoms with Crippen LogP contribution in [0.25, 0.3) is 0 Å². The zero-order chi connectivity index (χ0) is 16.1. The van der Waals surface area contributed by atoms with Gasteiger partial charge in [-0.15, -0.1) is 0 Å². The van der Waals surface area contributed by atoms with Gasteiger partial charge in [-0.3, -0.25) is 9.59 Å². The van der Waals surface area contributed by atoms with Gasteiger partial charge in [0.25, 0.3) is 5.91 Å². The summed E-state index contributed by atoms with van der Waals surface area (Å²) in [5.41, 5.74) is 0. The second-order valence-corrected chi connectivity index (χ2v) is 6.83. The van der Waals surface area contributed by atoms with Gasteiger partial charge in [-0.05, 0) is 46.3 Å². The van der Waals surface area contributed by atoms with Crippen molar-refractivity contribution in [2.24, 2.45) is 11.8 Å². The number of carbonyl (C=O) groups is 2. The van der Waals surface area contributed by atoms with E-state index in [-0.39, 0.29) is 30.0 Å². The van der Waals surface area contributed by atoms with Gasteiger partial charge in [0, 0.05) is 19.0 Å². The lowest BCUT2D eigenvalue weighted by atomic mass is 9.78. The van der Waals surface area contributed by atoms with Crippen LogP contribution in [0.3, 0.4) is 0 Å². The maximum atomic E-state index is 12.0. The minimum absolute atomic E-state index is 0.00752. The van der Waals surface area contributed by atoms with Gasteiger partial charge < -0.3 is 15.1 Å². The lowest BCUT2D eigenvalue weighted by Crippen LogP contribution is -2.44. The topological polar surface area (TPSA) is 71.3 Å². The van der Waals surface area contributed by atoms with Crippen LogP contribution in [0.2, 0.25) is 0 Å². The molecule has 0 bridgehead atoms. The molecule has 1 aromatic rings. The van der Waals surface area contributed by atoms with Gasteiger partial charge in [-0.2, -0.15) is 0 Å². The fourth-order valence-electron chi connectivity index (χ4n) is 2.88. The molecular formula is C16H23BrN2O3. The SMILES string of the molecule is CC1CCCC(NC(=O)CCNC(=O)c2ccc(Br)o2)C1C. The van der Waals surface area contributed by atoms with E-state index in [0.717, 1.165) is 6.42 Å². The molecule has 0 saturated heterocycles. The summed E-state index contributed by atoms with van der Waals surface area (Å²) < 4.78 is 5.66. The minimum atomic E-state index is -0.307. The highest BCUT2D eigenvalue weighted by Gasteiger charge is 2.27. The zero-order valence-electron chi connectivity index (χ0n) is 13.0. The highest BCUT2D eigenvalue weighted by Crippen LogP contribution is 2.29. The Bertz CT molecular complexity index is 529. The third-order valence-electron chi connectivity index (χ3n) is 4.49. The summed E-state index contributed by atoms with van der Waals surface area (Å²) in [6.07, 6.45) is 3.73. The van der Waals surface area contributed by atoms with Crippen molar-refractivity contribution in [3.05, 3.63) is 22.6 Å². The van der Waals surface area contributed by atoms with Crippen LogP contribution in [0.5, 0.6) is 0 Å². The molecule has 0 aromatic carbocycles. The van der Waals surface area contributed by atoms with Gasteiger partial charge in [0.05, 0.1) is 0 Å². The summed E-state index contributed by atoms with van der Waals surface area (Å²) in [5, 5.41) is 5.78. The first kappa shape index (κ1) is 17.1. The smallest absolute Gasteiger partial charge is 0.287 e. The molecule has 0 radical (unpaired) electrons. The number of rotatable bonds is 5. The van der Waals surface area contributed by atoms with Crippen LogP contribution in [0.15, 0.2) is 21.2 Å². The summed E-state index contributed by atoms with van der Waals surface area (Å²) in [4.78, 5) is 23.8. The average Bonchev–Trinajstić information content (AvgIpc) is 2.90. The number of hydrogen-bond donors (Lipinski definition) is 2. The monoisotopic (exact) mass is 370 g/mol. The molecule has 3 atom stereocenters. The molecule has 122 valence electrons. The van der Waals surface area contributed by atoms with Gasteiger partial charge >= 0.3 is 0 Å². The van der Waals surface area contributed by atoms with Crippen LogP contribution in [0.4, 0.5) is 0 Å². The highest BCUT2D eigenvalue weighted by atomic mass is 79.9. The van der Waals surface area contributed by atoms with Crippen molar-refractivity contribution in [2.45, 2.75) is 45.6 Å². The van der Waals surface area contributed by atoms with Crippen LogP contribution in [0, 0.1) is 11.8 Å². The molecule has 22 heavy (non-hydrogen) atoms. The van der Waals surface area contributed by atoms with Crippen LogP contribution >= 0.6 is 15.9 Å². The standard InChI is InChI=1S/C16H23BrN2O3/c1-10-4-3-5-12(11(10)2)19-15(20)8-9-18-16(21)13-6-7-14(17)22-13/h6-7,10-12H,3-5,8-9H2,1-2H3,(H,18,21)(H,19,20). The van der Waals surface area contributed by atoms with Crippen LogP contribution < -0.4 is 10.6 Å². The second-order valence-electron chi connectivity index (χ2n) is 6.05. The lowest BCUT2D eigenvalue weighted by Gasteiger charge is -2.34. The zero-order valence-corrected chi connectivity index (χ0v) is 14.6. The van der Waals surface area contributed by atoms with E-state index in [1.54, 1.807) is 12.1 Å². The van der Waals surface area contributed by atoms with E-state index >= 15 is 0 Å². The van der Waals surface area contributed by atoms with E-state index in [2.05, 4.69) is 40.4 Å². The number of carbonyl (C=O) groups excluding carboxylic acids is 2. The maximum Gasteiger partial charge on any atom is 0.287 e. The molecule has 2 amide bonds. The van der Waals surface area contributed by atoms with Crippen molar-refractivity contribution >= 4 is 27.7 Å². The normalized spacial score (nSPS) is 24.8. The fourth-order valence-corrected chi connectivity index (χ4v) is 3.18. The van der Waals surface area contributed by atoms with Crippen molar-refractivity contribution in [1.29, 1.82) is 0 Å². The molecular weight excluding hydrogens is 348 g/mol. The number of hydrogen-bond acceptors (Lipinski definition) is 3. The fraction of sp³-hybridized carbons (Fsp3) is 0.625. The molecule has 1 fully saturated rings. The Labute approximate surface area is 139 Å². The Kier molecular flexibility index (Phi) is 6.06. The Morgan fingerprint density at radius 1 is 1.32 bits per heavy atom. The van der Waals surface area contributed by atoms with E-state index in [9.17, 15) is 9.59 Å². The van der Waals surface area contributed by atoms with Crippen LogP contribution in [-0.2, 0) is 4.79 Å². The predicted octanol–water partition coefficient (Wildman–Crippen LogP) is 3.10. The molecule has 1 heterocycles. The van der Waals surface area contributed by atoms with E-state index < -0.39 is 0 Å². The van der Waals surface area contributed by atoms with Crippen molar-refractivity contribution in [3.8, 4) is 0 Å². The largest absolute Gasteiger partial charge is 0.444 e. The van der Waals surface area contributed by atoms with E-state index in [1.807, 2.05) is 0 Å². The molecule has 2 rings (SSSR count). The molecule has 1 aromatic heterocycles. The van der Waals surface area contributed by atoms with Crippen molar-refractivity contribution in [2.75, 3.05) is 6.54 Å². The molecule has 0 aliphatic heterocycles. The van der Waals surface area contributed by atoms with Gasteiger partial charge in [0.2, 0.25) is 5.91 Å². The second kappa shape index (κ2) is 7.81. The highest BCUT2D eigenvalue weighted by molar-refractivity contribution is 9.10. The number of nitrogens with one attached hydrogen (secondary N) is 2. The van der Waals surface area contributed by atoms with Gasteiger partial charge in [-0.25, -0.2) is 0 Å². The molecule has 2 N–H and O–H groups in total. The van der Waals surface area contributed by atoms with Crippen LogP contribution in [-0.4, -0.2) is 24.4 Å². The van der Waals surface area contributed by atoms with E-state index in [0.29, 0.717) is 23.1 Å². The summed E-state index contributed by atoms with van der Waals surface area (Å²) >= 11 is 3.15. The Morgan fingerprint density at radius 3 is 2.77 bits per heavy atom. The predicted molar refractivity (Wildman–Crippen MR) is 87.5 cm³/mol. The molecule has 5 nitrogen and oxygen atoms in total. The van der Waals surface area contributed by atoms with Gasteiger partial charge in [0.15, 0.2) is 10.4 Å². The number of amides is 2. The third kappa shape index (κ3) is 4.60. The Balaban J connectivity index is 1.70. The first-order valence-corrected chi connectivity index (χ1v) is 8.59. The average molecular weight is 371 g/mol. The quantitative estimate of drug-likeness (QED) is 0.836. The molecule has 6 heteroatoms. The number of halogens is 1. The van der Waals surface area contributed by atoms with Gasteiger partial charge in [-0.1, -0.05) is 26.7 Å². The molecule has 1 aliphatic rings. The minimum Gasteiger partial charge on any atom is -0.444 e. The first-order valence-electron chi connectivity index (χ1n) is 7.80. The number of furan rings is 1. The molecule has 1 saturated carbocycles. The summed E-state index contributed by atoms with van der Waals surface area (Å²) in [6, 6.07) is 3.51. The Hall–Kier alpha value is -1.30. The van der Waals surface area contributed by atoms with E-state index in [1.165, 1.54) is 12.8 Å². The van der Waals surface area contributed by atoms with E-state index in [4.69, 9.17) is 4.42 Å². The molecule has 0 spiro atoms. The van der Waals surface area contributed by atoms with Gasteiger partial charge in [0.1, 0.15) is 0 Å². The summed E-state index contributed by atoms with van der Waals surface area (Å²) in [6.45, 7) is 4.75. The van der Waals surface area contributed by atoms with Crippen molar-refractivity contribution in [3.63, 3.8) is 0 Å². The van der Waals surface area contributed by atoms with Crippen molar-refractivity contribution < 1.29 is 14.0 Å². The van der Waals surface area contributed by atoms with Crippen molar-refractivity contribution in [1.82, 2.24) is 10.6 Å². The first-order chi connectivity index (χ1) is 10.5. The summed E-state index contributed by atoms with van der Waals surface area (Å²) in [5.74, 6) is 1.08. The third-order valence-corrected chi connectivity index (χ3v) is 4.91. The summed E-state index contributed by atoms with van der Waals surface area (Å²) in [7, 11) is 0. The van der Waals surface area contributed by atoms with Crippen LogP contribution in [0.1, 0.15) is 50.1 Å². The Morgan fingerprint density at radius 2 is 2.09 bits per heavy atom.